The molecule has 0 aromatic rings. The van der Waals surface area contributed by atoms with Crippen molar-refractivity contribution in [2.24, 2.45) is 11.1 Å². The van der Waals surface area contributed by atoms with Gasteiger partial charge in [0.25, 0.3) is 0 Å². The predicted octanol–water partition coefficient (Wildman–Crippen LogP) is 4.46. The summed E-state index contributed by atoms with van der Waals surface area (Å²) in [4.78, 5) is 11.8. The van der Waals surface area contributed by atoms with E-state index in [1.807, 2.05) is 0 Å². The maximum Gasteiger partial charge on any atom is 0.132 e. The van der Waals surface area contributed by atoms with Crippen LogP contribution in [0.4, 0.5) is 0 Å². The molecule has 0 fully saturated rings. The van der Waals surface area contributed by atoms with Gasteiger partial charge in [-0.15, -0.1) is 0 Å². The van der Waals surface area contributed by atoms with Gasteiger partial charge >= 0.3 is 0 Å². The van der Waals surface area contributed by atoms with Crippen molar-refractivity contribution in [3.8, 4) is 0 Å². The van der Waals surface area contributed by atoms with Gasteiger partial charge in [0.05, 0.1) is 0 Å². The van der Waals surface area contributed by atoms with Crippen LogP contribution in [0.25, 0.3) is 0 Å². The second-order valence-corrected chi connectivity index (χ2v) is 6.26. The normalized spacial score (nSPS) is 11.8. The number of hydrogen-bond donors (Lipinski definition) is 1. The Bertz CT molecular complexity index is 211. The maximum atomic E-state index is 11.8. The number of unbranched alkanes of at least 4 members (excludes halogenated alkanes) is 5. The Labute approximate surface area is 114 Å². The molecule has 18 heavy (non-hydrogen) atoms. The summed E-state index contributed by atoms with van der Waals surface area (Å²) >= 11 is 0. The van der Waals surface area contributed by atoms with E-state index >= 15 is 0 Å². The van der Waals surface area contributed by atoms with Crippen molar-refractivity contribution in [3.05, 3.63) is 0 Å². The van der Waals surface area contributed by atoms with E-state index < -0.39 is 0 Å². The predicted molar refractivity (Wildman–Crippen MR) is 79.7 cm³/mol. The number of carbonyl (C=O) groups excluding carboxylic acids is 1. The van der Waals surface area contributed by atoms with Crippen LogP contribution in [0.5, 0.6) is 0 Å². The molecule has 0 saturated heterocycles. The van der Waals surface area contributed by atoms with Crippen LogP contribution in [0, 0.1) is 5.41 Å². The third-order valence-electron chi connectivity index (χ3n) is 3.71. The molecular formula is C16H33NO. The Morgan fingerprint density at radius 3 is 2.17 bits per heavy atom. The molecule has 2 nitrogen and oxygen atoms in total. The highest BCUT2D eigenvalue weighted by molar-refractivity contribution is 5.78. The highest BCUT2D eigenvalue weighted by Crippen LogP contribution is 2.26. The molecule has 0 spiro atoms. The summed E-state index contributed by atoms with van der Waals surface area (Å²) in [5.41, 5.74) is 5.80. The van der Waals surface area contributed by atoms with Gasteiger partial charge < -0.3 is 5.73 Å². The molecule has 0 aliphatic heterocycles. The first kappa shape index (κ1) is 17.6. The molecule has 0 aromatic heterocycles. The molecule has 0 heterocycles. The highest BCUT2D eigenvalue weighted by atomic mass is 16.1. The van der Waals surface area contributed by atoms with E-state index in [0.29, 0.717) is 5.78 Å². The lowest BCUT2D eigenvalue weighted by atomic mass is 9.83. The Morgan fingerprint density at radius 2 is 1.56 bits per heavy atom. The van der Waals surface area contributed by atoms with Gasteiger partial charge in [-0.1, -0.05) is 52.9 Å². The van der Waals surface area contributed by atoms with E-state index in [0.717, 1.165) is 38.6 Å². The first-order chi connectivity index (χ1) is 8.52. The average Bonchev–Trinajstić information content (AvgIpc) is 2.31. The fraction of sp³-hybridized carbons (Fsp3) is 0.938. The molecule has 2 N–H and O–H groups in total. The molecule has 0 aliphatic carbocycles. The second-order valence-electron chi connectivity index (χ2n) is 6.26. The van der Waals surface area contributed by atoms with E-state index in [1.54, 1.807) is 0 Å². The van der Waals surface area contributed by atoms with Gasteiger partial charge in [0.2, 0.25) is 0 Å². The third-order valence-corrected chi connectivity index (χ3v) is 3.71. The smallest absolute Gasteiger partial charge is 0.132 e. The van der Waals surface area contributed by atoms with Crippen LogP contribution in [0.15, 0.2) is 0 Å². The van der Waals surface area contributed by atoms with Crippen LogP contribution in [0.2, 0.25) is 0 Å². The van der Waals surface area contributed by atoms with E-state index in [2.05, 4.69) is 20.8 Å². The Kier molecular flexibility index (Phi) is 10.3. The zero-order valence-electron chi connectivity index (χ0n) is 12.8. The van der Waals surface area contributed by atoms with Crippen LogP contribution >= 0.6 is 0 Å². The molecule has 0 aliphatic rings. The number of nitrogens with two attached hydrogens (primary N) is 1. The molecule has 0 aromatic carbocycles. The van der Waals surface area contributed by atoms with Crippen molar-refractivity contribution in [2.75, 3.05) is 6.54 Å². The number of Topliss-reactive ketones (excluding diaryl/α,β-unsaturated/α-hetero) is 1. The lowest BCUT2D eigenvalue weighted by molar-refractivity contribution is -0.119. The average molecular weight is 255 g/mol. The van der Waals surface area contributed by atoms with E-state index in [9.17, 15) is 4.79 Å². The molecule has 0 bridgehead atoms. The van der Waals surface area contributed by atoms with Crippen LogP contribution < -0.4 is 5.73 Å². The standard InChI is InChI=1S/C16H33NO/c1-4-5-6-7-8-9-10-15(18)11-12-16(2,3)13-14-17/h4-14,17H2,1-3H3. The Hall–Kier alpha value is -0.370. The lowest BCUT2D eigenvalue weighted by Gasteiger charge is -2.23. The minimum absolute atomic E-state index is 0.228. The third kappa shape index (κ3) is 10.8. The highest BCUT2D eigenvalue weighted by Gasteiger charge is 2.17. The number of hydrogen-bond acceptors (Lipinski definition) is 2. The van der Waals surface area contributed by atoms with Crippen molar-refractivity contribution >= 4 is 5.78 Å². The van der Waals surface area contributed by atoms with Crippen LogP contribution in [0.3, 0.4) is 0 Å². The SMILES string of the molecule is CCCCCCCCC(=O)CCC(C)(C)CCN. The van der Waals surface area contributed by atoms with Crippen molar-refractivity contribution < 1.29 is 4.79 Å². The molecule has 0 rings (SSSR count). The number of ketones is 1. The summed E-state index contributed by atoms with van der Waals surface area (Å²) < 4.78 is 0. The molecule has 2 heteroatoms. The summed E-state index contributed by atoms with van der Waals surface area (Å²) in [5, 5.41) is 0. The second kappa shape index (κ2) is 10.5. The van der Waals surface area contributed by atoms with Gasteiger partial charge in [0.1, 0.15) is 5.78 Å². The molecule has 0 saturated carbocycles. The molecular weight excluding hydrogens is 222 g/mol. The van der Waals surface area contributed by atoms with Crippen molar-refractivity contribution in [2.45, 2.75) is 85.0 Å². The molecule has 0 amide bonds. The fourth-order valence-electron chi connectivity index (χ4n) is 2.22. The lowest BCUT2D eigenvalue weighted by Crippen LogP contribution is -2.18. The largest absolute Gasteiger partial charge is 0.330 e. The van der Waals surface area contributed by atoms with Crippen LogP contribution in [0.1, 0.15) is 85.0 Å². The maximum absolute atomic E-state index is 11.8. The minimum Gasteiger partial charge on any atom is -0.330 e. The van der Waals surface area contributed by atoms with Gasteiger partial charge in [-0.05, 0) is 31.2 Å². The summed E-state index contributed by atoms with van der Waals surface area (Å²) in [7, 11) is 0. The van der Waals surface area contributed by atoms with Crippen LogP contribution in [-0.2, 0) is 4.79 Å². The molecule has 108 valence electrons. The zero-order chi connectivity index (χ0) is 13.9. The number of carbonyl (C=O) groups is 1. The van der Waals surface area contributed by atoms with E-state index in [1.165, 1.54) is 32.1 Å². The van der Waals surface area contributed by atoms with Gasteiger partial charge in [0, 0.05) is 12.8 Å². The van der Waals surface area contributed by atoms with Crippen molar-refractivity contribution in [3.63, 3.8) is 0 Å². The van der Waals surface area contributed by atoms with E-state index in [-0.39, 0.29) is 5.41 Å². The molecule has 0 atom stereocenters. The summed E-state index contributed by atoms with van der Waals surface area (Å²) in [6.07, 6.45) is 11.1. The molecule has 0 radical (unpaired) electrons. The van der Waals surface area contributed by atoms with Gasteiger partial charge in [-0.3, -0.25) is 4.79 Å². The van der Waals surface area contributed by atoms with Crippen LogP contribution in [-0.4, -0.2) is 12.3 Å². The molecule has 0 unspecified atom stereocenters. The monoisotopic (exact) mass is 255 g/mol. The Morgan fingerprint density at radius 1 is 0.944 bits per heavy atom. The first-order valence-corrected chi connectivity index (χ1v) is 7.73. The quantitative estimate of drug-likeness (QED) is 0.523. The fourth-order valence-corrected chi connectivity index (χ4v) is 2.22. The summed E-state index contributed by atoms with van der Waals surface area (Å²) in [6.45, 7) is 7.36. The van der Waals surface area contributed by atoms with Gasteiger partial charge in [0.15, 0.2) is 0 Å². The zero-order valence-corrected chi connectivity index (χ0v) is 12.8. The minimum atomic E-state index is 0.228. The van der Waals surface area contributed by atoms with Crippen molar-refractivity contribution in [1.29, 1.82) is 0 Å². The Balaban J connectivity index is 3.48. The van der Waals surface area contributed by atoms with Gasteiger partial charge in [-0.2, -0.15) is 0 Å². The topological polar surface area (TPSA) is 43.1 Å². The van der Waals surface area contributed by atoms with Crippen molar-refractivity contribution in [1.82, 2.24) is 0 Å². The first-order valence-electron chi connectivity index (χ1n) is 7.73. The van der Waals surface area contributed by atoms with E-state index in [4.69, 9.17) is 5.73 Å². The summed E-state index contributed by atoms with van der Waals surface area (Å²) in [6, 6.07) is 0. The van der Waals surface area contributed by atoms with Gasteiger partial charge in [-0.25, -0.2) is 0 Å². The number of rotatable bonds is 12. The summed E-state index contributed by atoms with van der Waals surface area (Å²) in [5.74, 6) is 0.440.